The highest BCUT2D eigenvalue weighted by molar-refractivity contribution is 5.93. The minimum atomic E-state index is -0.472. The van der Waals surface area contributed by atoms with Crippen LogP contribution < -0.4 is 0 Å². The molecule has 0 spiro atoms. The van der Waals surface area contributed by atoms with E-state index >= 15 is 0 Å². The molecule has 1 unspecified atom stereocenters. The van der Waals surface area contributed by atoms with Crippen molar-refractivity contribution in [2.24, 2.45) is 5.92 Å². The maximum absolute atomic E-state index is 11.6. The van der Waals surface area contributed by atoms with Crippen molar-refractivity contribution in [2.75, 3.05) is 13.2 Å². The van der Waals surface area contributed by atoms with E-state index in [2.05, 4.69) is 0 Å². The third-order valence-corrected chi connectivity index (χ3v) is 2.65. The van der Waals surface area contributed by atoms with Crippen molar-refractivity contribution in [1.82, 2.24) is 4.90 Å². The van der Waals surface area contributed by atoms with Crippen LogP contribution in [-0.4, -0.2) is 30.1 Å². The molecule has 0 bridgehead atoms. The molecule has 0 N–H and O–H groups in total. The van der Waals surface area contributed by atoms with Gasteiger partial charge in [-0.1, -0.05) is 20.3 Å². The Bertz CT molecular complexity index is 240. The molecule has 15 heavy (non-hydrogen) atoms. The van der Waals surface area contributed by atoms with Gasteiger partial charge in [0.2, 0.25) is 5.91 Å². The Morgan fingerprint density at radius 2 is 2.33 bits per heavy atom. The molecule has 4 nitrogen and oxygen atoms in total. The van der Waals surface area contributed by atoms with Crippen LogP contribution in [0.5, 0.6) is 0 Å². The van der Waals surface area contributed by atoms with Gasteiger partial charge in [-0.05, 0) is 19.3 Å². The van der Waals surface area contributed by atoms with Crippen LogP contribution in [0, 0.1) is 5.92 Å². The van der Waals surface area contributed by atoms with Gasteiger partial charge >= 0.3 is 6.09 Å². The summed E-state index contributed by atoms with van der Waals surface area (Å²) in [7, 11) is 0. The van der Waals surface area contributed by atoms with Crippen LogP contribution in [-0.2, 0) is 9.53 Å². The topological polar surface area (TPSA) is 46.6 Å². The maximum atomic E-state index is 11.6. The number of rotatable bonds is 3. The summed E-state index contributed by atoms with van der Waals surface area (Å²) in [4.78, 5) is 24.4. The smallest absolute Gasteiger partial charge is 0.416 e. The fourth-order valence-corrected chi connectivity index (χ4v) is 1.62. The Morgan fingerprint density at radius 3 is 3.00 bits per heavy atom. The fourth-order valence-electron chi connectivity index (χ4n) is 1.62. The molecule has 0 aromatic carbocycles. The summed E-state index contributed by atoms with van der Waals surface area (Å²) in [5.74, 6) is -0.139. The normalized spacial score (nSPS) is 21.6. The summed E-state index contributed by atoms with van der Waals surface area (Å²) in [5, 5.41) is 0. The molecule has 0 radical (unpaired) electrons. The Labute approximate surface area is 90.6 Å². The lowest BCUT2D eigenvalue weighted by Crippen LogP contribution is -2.44. The lowest BCUT2D eigenvalue weighted by molar-refractivity contribution is -0.135. The number of hydrogen-bond acceptors (Lipinski definition) is 3. The molecule has 86 valence electrons. The van der Waals surface area contributed by atoms with Gasteiger partial charge < -0.3 is 4.74 Å². The molecule has 2 amide bonds. The van der Waals surface area contributed by atoms with Crippen molar-refractivity contribution in [1.29, 1.82) is 0 Å². The van der Waals surface area contributed by atoms with Gasteiger partial charge in [-0.25, -0.2) is 9.69 Å². The van der Waals surface area contributed by atoms with Crippen molar-refractivity contribution < 1.29 is 14.3 Å². The zero-order valence-electron chi connectivity index (χ0n) is 9.49. The average molecular weight is 213 g/mol. The van der Waals surface area contributed by atoms with Crippen LogP contribution in [0.25, 0.3) is 0 Å². The SMILES string of the molecule is CCCCOC(=O)N1CCCC(C)C1=O. The summed E-state index contributed by atoms with van der Waals surface area (Å²) in [6, 6.07) is 0. The van der Waals surface area contributed by atoms with Crippen molar-refractivity contribution in [3.05, 3.63) is 0 Å². The third-order valence-electron chi connectivity index (χ3n) is 2.65. The van der Waals surface area contributed by atoms with Gasteiger partial charge in [0.05, 0.1) is 6.61 Å². The molecule has 1 rings (SSSR count). The first-order valence-corrected chi connectivity index (χ1v) is 5.65. The first kappa shape index (κ1) is 12.0. The highest BCUT2D eigenvalue weighted by atomic mass is 16.6. The van der Waals surface area contributed by atoms with E-state index in [1.165, 1.54) is 4.90 Å². The molecular weight excluding hydrogens is 194 g/mol. The lowest BCUT2D eigenvalue weighted by atomic mass is 10.00. The first-order valence-electron chi connectivity index (χ1n) is 5.65. The van der Waals surface area contributed by atoms with E-state index in [0.717, 1.165) is 25.7 Å². The molecule has 1 aliphatic heterocycles. The molecule has 0 aromatic rings. The molecule has 0 aliphatic carbocycles. The Hall–Kier alpha value is -1.06. The minimum absolute atomic E-state index is 0.0440. The van der Waals surface area contributed by atoms with E-state index in [-0.39, 0.29) is 11.8 Å². The number of carbonyl (C=O) groups excluding carboxylic acids is 2. The third kappa shape index (κ3) is 3.22. The van der Waals surface area contributed by atoms with Crippen LogP contribution >= 0.6 is 0 Å². The monoisotopic (exact) mass is 213 g/mol. The summed E-state index contributed by atoms with van der Waals surface area (Å²) in [6.07, 6.45) is 3.12. The van der Waals surface area contributed by atoms with E-state index in [1.807, 2.05) is 13.8 Å². The van der Waals surface area contributed by atoms with Crippen LogP contribution in [0.3, 0.4) is 0 Å². The molecule has 1 atom stereocenters. The zero-order chi connectivity index (χ0) is 11.3. The number of ether oxygens (including phenoxy) is 1. The number of unbranched alkanes of at least 4 members (excludes halogenated alkanes) is 1. The van der Waals surface area contributed by atoms with Crippen molar-refractivity contribution in [2.45, 2.75) is 39.5 Å². The second-order valence-corrected chi connectivity index (χ2v) is 4.00. The molecule has 1 fully saturated rings. The predicted octanol–water partition coefficient (Wildman–Crippen LogP) is 2.18. The second-order valence-electron chi connectivity index (χ2n) is 4.00. The van der Waals surface area contributed by atoms with Gasteiger partial charge in [0.15, 0.2) is 0 Å². The Kier molecular flexibility index (Phi) is 4.59. The van der Waals surface area contributed by atoms with Gasteiger partial charge in [-0.2, -0.15) is 0 Å². The minimum Gasteiger partial charge on any atom is -0.449 e. The standard InChI is InChI=1S/C11H19NO3/c1-3-4-8-15-11(14)12-7-5-6-9(2)10(12)13/h9H,3-8H2,1-2H3. The zero-order valence-corrected chi connectivity index (χ0v) is 9.49. The first-order chi connectivity index (χ1) is 7.16. The van der Waals surface area contributed by atoms with E-state index in [1.54, 1.807) is 0 Å². The number of nitrogens with zero attached hydrogens (tertiary/aromatic N) is 1. The van der Waals surface area contributed by atoms with Crippen LogP contribution in [0.4, 0.5) is 4.79 Å². The molecule has 0 saturated carbocycles. The number of hydrogen-bond donors (Lipinski definition) is 0. The Morgan fingerprint density at radius 1 is 1.60 bits per heavy atom. The van der Waals surface area contributed by atoms with Crippen LogP contribution in [0.2, 0.25) is 0 Å². The second kappa shape index (κ2) is 5.73. The number of amides is 2. The van der Waals surface area contributed by atoms with Crippen LogP contribution in [0.15, 0.2) is 0 Å². The highest BCUT2D eigenvalue weighted by Crippen LogP contribution is 2.17. The molecule has 1 heterocycles. The number of likely N-dealkylation sites (tertiary alicyclic amines) is 1. The average Bonchev–Trinajstić information content (AvgIpc) is 2.22. The predicted molar refractivity (Wildman–Crippen MR) is 56.4 cm³/mol. The molecular formula is C11H19NO3. The lowest BCUT2D eigenvalue weighted by Gasteiger charge is -2.28. The van der Waals surface area contributed by atoms with Gasteiger partial charge in [0.25, 0.3) is 0 Å². The van der Waals surface area contributed by atoms with Gasteiger partial charge in [-0.15, -0.1) is 0 Å². The van der Waals surface area contributed by atoms with Gasteiger partial charge in [0.1, 0.15) is 0 Å². The molecule has 4 heteroatoms. The van der Waals surface area contributed by atoms with E-state index in [9.17, 15) is 9.59 Å². The van der Waals surface area contributed by atoms with E-state index in [4.69, 9.17) is 4.74 Å². The summed E-state index contributed by atoms with van der Waals surface area (Å²) in [5.41, 5.74) is 0. The number of piperidine rings is 1. The number of carbonyl (C=O) groups is 2. The highest BCUT2D eigenvalue weighted by Gasteiger charge is 2.30. The van der Waals surface area contributed by atoms with Crippen molar-refractivity contribution in [3.8, 4) is 0 Å². The summed E-state index contributed by atoms with van der Waals surface area (Å²) >= 11 is 0. The van der Waals surface area contributed by atoms with E-state index in [0.29, 0.717) is 13.2 Å². The summed E-state index contributed by atoms with van der Waals surface area (Å²) < 4.78 is 5.01. The Balaban J connectivity index is 2.40. The largest absolute Gasteiger partial charge is 0.449 e. The van der Waals surface area contributed by atoms with Gasteiger partial charge in [-0.3, -0.25) is 4.79 Å². The van der Waals surface area contributed by atoms with Crippen molar-refractivity contribution >= 4 is 12.0 Å². The van der Waals surface area contributed by atoms with Crippen LogP contribution in [0.1, 0.15) is 39.5 Å². The summed E-state index contributed by atoms with van der Waals surface area (Å²) in [6.45, 7) is 4.80. The quantitative estimate of drug-likeness (QED) is 0.675. The molecule has 1 saturated heterocycles. The fraction of sp³-hybridized carbons (Fsp3) is 0.818. The maximum Gasteiger partial charge on any atom is 0.416 e. The molecule has 1 aliphatic rings. The number of imide groups is 1. The van der Waals surface area contributed by atoms with E-state index < -0.39 is 6.09 Å². The van der Waals surface area contributed by atoms with Gasteiger partial charge in [0, 0.05) is 12.5 Å². The van der Waals surface area contributed by atoms with Crippen molar-refractivity contribution in [3.63, 3.8) is 0 Å². The molecule has 0 aromatic heterocycles.